The van der Waals surface area contributed by atoms with Gasteiger partial charge in [0.05, 0.1) is 12.7 Å². The first-order chi connectivity index (χ1) is 16.4. The minimum absolute atomic E-state index is 0.0539. The molecule has 2 saturated heterocycles. The van der Waals surface area contributed by atoms with E-state index in [1.807, 2.05) is 12.1 Å². The fourth-order valence-corrected chi connectivity index (χ4v) is 5.49. The van der Waals surface area contributed by atoms with Crippen molar-refractivity contribution >= 4 is 23.4 Å². The number of piperidine rings is 1. The second-order valence-corrected chi connectivity index (χ2v) is 9.71. The van der Waals surface area contributed by atoms with E-state index in [9.17, 15) is 14.4 Å². The molecule has 2 atom stereocenters. The third-order valence-corrected chi connectivity index (χ3v) is 7.37. The number of Topliss-reactive ketones (excluding diaryl/α,β-unsaturated/α-hetero) is 1. The maximum Gasteiger partial charge on any atom is 0.252 e. The Kier molecular flexibility index (Phi) is 5.75. The van der Waals surface area contributed by atoms with Crippen LogP contribution in [0.1, 0.15) is 75.2 Å². The smallest absolute Gasteiger partial charge is 0.252 e. The van der Waals surface area contributed by atoms with E-state index in [2.05, 4.69) is 15.2 Å². The number of aromatic nitrogens is 1. The largest absolute Gasteiger partial charge is 0.496 e. The lowest BCUT2D eigenvalue weighted by atomic mass is 9.96. The lowest BCUT2D eigenvalue weighted by Crippen LogP contribution is -2.50. The highest BCUT2D eigenvalue weighted by atomic mass is 16.5. The summed E-state index contributed by atoms with van der Waals surface area (Å²) in [6.07, 6.45) is 7.49. The van der Waals surface area contributed by atoms with Crippen molar-refractivity contribution < 1.29 is 19.1 Å². The van der Waals surface area contributed by atoms with Crippen LogP contribution in [0.15, 0.2) is 30.5 Å². The summed E-state index contributed by atoms with van der Waals surface area (Å²) in [5, 5.41) is 3.19. The van der Waals surface area contributed by atoms with Crippen LogP contribution in [-0.2, 0) is 0 Å². The van der Waals surface area contributed by atoms with Gasteiger partial charge in [-0.1, -0.05) is 0 Å². The maximum absolute atomic E-state index is 13.1. The van der Waals surface area contributed by atoms with Crippen molar-refractivity contribution in [2.24, 2.45) is 11.7 Å². The molecule has 8 nitrogen and oxygen atoms in total. The van der Waals surface area contributed by atoms with Crippen molar-refractivity contribution in [3.8, 4) is 5.75 Å². The lowest BCUT2D eigenvalue weighted by Gasteiger charge is -2.40. The number of pyridine rings is 1. The van der Waals surface area contributed by atoms with Crippen LogP contribution in [0.5, 0.6) is 5.75 Å². The van der Waals surface area contributed by atoms with Gasteiger partial charge in [0.2, 0.25) is 0 Å². The van der Waals surface area contributed by atoms with E-state index in [-0.39, 0.29) is 29.2 Å². The van der Waals surface area contributed by atoms with Crippen LogP contribution in [-0.4, -0.2) is 47.8 Å². The number of aryl methyl sites for hydroxylation is 1. The lowest BCUT2D eigenvalue weighted by molar-refractivity contribution is 0.0922. The summed E-state index contributed by atoms with van der Waals surface area (Å²) in [5.41, 5.74) is 7.55. The summed E-state index contributed by atoms with van der Waals surface area (Å²) in [7, 11) is 1.45. The molecule has 1 aliphatic carbocycles. The standard InChI is InChI=1S/C26H30N4O4/c1-14-9-21(25(27)32)22(34-2)12-20(14)26(33)29-17-10-18-6-7-19(11-17)30(18)23-8-5-16(13-28-23)24(31)15-3-4-15/h5,8-9,12-13,15,17-19H,3-4,6-7,10-11H2,1-2H3,(H2,27,32)(H,29,33). The molecule has 3 aliphatic rings. The molecule has 2 unspecified atom stereocenters. The summed E-state index contributed by atoms with van der Waals surface area (Å²) in [5.74, 6) is 0.846. The molecule has 2 aromatic rings. The average molecular weight is 463 g/mol. The second kappa shape index (κ2) is 8.74. The SMILES string of the molecule is COc1cc(C(=O)NC2CC3CCC(C2)N3c2ccc(C(=O)C3CC3)cn2)c(C)cc1C(N)=O. The molecule has 0 spiro atoms. The van der Waals surface area contributed by atoms with Crippen LogP contribution >= 0.6 is 0 Å². The predicted molar refractivity (Wildman–Crippen MR) is 127 cm³/mol. The van der Waals surface area contributed by atoms with E-state index >= 15 is 0 Å². The highest BCUT2D eigenvalue weighted by Gasteiger charge is 2.42. The number of nitrogens with zero attached hydrogens (tertiary/aromatic N) is 2. The molecule has 2 bridgehead atoms. The van der Waals surface area contributed by atoms with Gasteiger partial charge in [0, 0.05) is 41.4 Å². The number of hydrogen-bond acceptors (Lipinski definition) is 6. The number of ketones is 1. The number of methoxy groups -OCH3 is 1. The fourth-order valence-electron chi connectivity index (χ4n) is 5.49. The molecular formula is C26H30N4O4. The zero-order chi connectivity index (χ0) is 24.0. The number of fused-ring (bicyclic) bond motifs is 2. The number of benzene rings is 1. The summed E-state index contributed by atoms with van der Waals surface area (Å²) < 4.78 is 5.27. The van der Waals surface area contributed by atoms with Gasteiger partial charge in [-0.2, -0.15) is 0 Å². The van der Waals surface area contributed by atoms with Gasteiger partial charge in [-0.05, 0) is 75.3 Å². The van der Waals surface area contributed by atoms with Crippen LogP contribution in [0.4, 0.5) is 5.82 Å². The average Bonchev–Trinajstić information content (AvgIpc) is 3.63. The van der Waals surface area contributed by atoms with Crippen LogP contribution in [0.3, 0.4) is 0 Å². The van der Waals surface area contributed by atoms with Gasteiger partial charge in [-0.15, -0.1) is 0 Å². The summed E-state index contributed by atoms with van der Waals surface area (Å²) in [6.45, 7) is 1.79. The fraction of sp³-hybridized carbons (Fsp3) is 0.462. The molecule has 2 amide bonds. The van der Waals surface area contributed by atoms with E-state index in [1.54, 1.807) is 25.3 Å². The first-order valence-corrected chi connectivity index (χ1v) is 11.9. The van der Waals surface area contributed by atoms with Gasteiger partial charge < -0.3 is 20.7 Å². The zero-order valence-corrected chi connectivity index (χ0v) is 19.5. The van der Waals surface area contributed by atoms with E-state index in [0.717, 1.165) is 44.3 Å². The monoisotopic (exact) mass is 462 g/mol. The van der Waals surface area contributed by atoms with Crippen LogP contribution in [0.25, 0.3) is 0 Å². The number of rotatable bonds is 7. The number of hydrogen-bond donors (Lipinski definition) is 2. The number of primary amides is 1. The Morgan fingerprint density at radius 3 is 2.32 bits per heavy atom. The van der Waals surface area contributed by atoms with Crippen molar-refractivity contribution in [2.45, 2.75) is 63.6 Å². The predicted octanol–water partition coefficient (Wildman–Crippen LogP) is 3.02. The van der Waals surface area contributed by atoms with E-state index in [4.69, 9.17) is 10.5 Å². The van der Waals surface area contributed by atoms with Gasteiger partial charge in [0.25, 0.3) is 11.8 Å². The molecule has 178 valence electrons. The van der Waals surface area contributed by atoms with Crippen LogP contribution < -0.4 is 20.7 Å². The normalized spacial score (nSPS) is 23.5. The maximum atomic E-state index is 13.1. The minimum Gasteiger partial charge on any atom is -0.496 e. The number of carbonyl (C=O) groups excluding carboxylic acids is 3. The van der Waals surface area contributed by atoms with Crippen molar-refractivity contribution in [3.05, 3.63) is 52.7 Å². The first-order valence-electron chi connectivity index (χ1n) is 11.9. The quantitative estimate of drug-likeness (QED) is 0.612. The van der Waals surface area contributed by atoms with Crippen molar-refractivity contribution in [1.29, 1.82) is 0 Å². The Bertz CT molecular complexity index is 1130. The highest BCUT2D eigenvalue weighted by molar-refractivity contribution is 6.01. The molecule has 0 radical (unpaired) electrons. The van der Waals surface area contributed by atoms with Gasteiger partial charge >= 0.3 is 0 Å². The molecular weight excluding hydrogens is 432 g/mol. The van der Waals surface area contributed by atoms with E-state index in [0.29, 0.717) is 34.5 Å². The molecule has 3 N–H and O–H groups in total. The molecule has 2 aliphatic heterocycles. The molecule has 3 fully saturated rings. The third-order valence-electron chi connectivity index (χ3n) is 7.37. The van der Waals surface area contributed by atoms with Gasteiger partial charge in [0.15, 0.2) is 5.78 Å². The van der Waals surface area contributed by atoms with Crippen LogP contribution in [0.2, 0.25) is 0 Å². The number of nitrogens with one attached hydrogen (secondary N) is 1. The summed E-state index contributed by atoms with van der Waals surface area (Å²) in [4.78, 5) is 44.0. The number of anilines is 1. The Morgan fingerprint density at radius 2 is 1.76 bits per heavy atom. The van der Waals surface area contributed by atoms with E-state index < -0.39 is 5.91 Å². The summed E-state index contributed by atoms with van der Waals surface area (Å²) >= 11 is 0. The number of nitrogens with two attached hydrogens (primary N) is 1. The Labute approximate surface area is 198 Å². The molecule has 5 rings (SSSR count). The number of ether oxygens (including phenoxy) is 1. The highest BCUT2D eigenvalue weighted by Crippen LogP contribution is 2.39. The van der Waals surface area contributed by atoms with Crippen molar-refractivity contribution in [3.63, 3.8) is 0 Å². The zero-order valence-electron chi connectivity index (χ0n) is 19.5. The Morgan fingerprint density at radius 1 is 1.06 bits per heavy atom. The number of carbonyl (C=O) groups is 3. The van der Waals surface area contributed by atoms with Gasteiger partial charge in [-0.3, -0.25) is 14.4 Å². The van der Waals surface area contributed by atoms with Gasteiger partial charge in [-0.25, -0.2) is 4.98 Å². The van der Waals surface area contributed by atoms with E-state index in [1.165, 1.54) is 7.11 Å². The second-order valence-electron chi connectivity index (χ2n) is 9.71. The van der Waals surface area contributed by atoms with Gasteiger partial charge in [0.1, 0.15) is 11.6 Å². The van der Waals surface area contributed by atoms with Crippen molar-refractivity contribution in [1.82, 2.24) is 10.3 Å². The minimum atomic E-state index is -0.589. The topological polar surface area (TPSA) is 115 Å². The molecule has 8 heteroatoms. The Hall–Kier alpha value is -3.42. The first kappa shape index (κ1) is 22.4. The Balaban J connectivity index is 1.27. The summed E-state index contributed by atoms with van der Waals surface area (Å²) in [6, 6.07) is 7.72. The van der Waals surface area contributed by atoms with Crippen LogP contribution in [0, 0.1) is 12.8 Å². The molecule has 1 saturated carbocycles. The molecule has 1 aromatic heterocycles. The molecule has 34 heavy (non-hydrogen) atoms. The third kappa shape index (κ3) is 4.13. The molecule has 3 heterocycles. The number of amides is 2. The van der Waals surface area contributed by atoms with Crippen molar-refractivity contribution in [2.75, 3.05) is 12.0 Å². The molecule has 1 aromatic carbocycles.